The van der Waals surface area contributed by atoms with Gasteiger partial charge in [-0.3, -0.25) is 0 Å². The molecule has 0 atom stereocenters. The van der Waals surface area contributed by atoms with Crippen LogP contribution >= 0.6 is 12.6 Å². The molecule has 0 unspecified atom stereocenters. The average molecular weight is 387 g/mol. The normalized spacial score (nSPS) is 12.1. The molecule has 0 fully saturated rings. The van der Waals surface area contributed by atoms with Crippen molar-refractivity contribution in [3.63, 3.8) is 0 Å². The van der Waals surface area contributed by atoms with Gasteiger partial charge in [0, 0.05) is 5.56 Å². The fourth-order valence-electron chi connectivity index (χ4n) is 2.29. The van der Waals surface area contributed by atoms with Gasteiger partial charge in [-0.2, -0.15) is 31.4 Å². The smallest absolute Gasteiger partial charge is 0.227 e. The standard InChI is InChI=1S/C16H7F6N3S/c17-15(18,19)11-3-1-9(2-4-11)12-7-13(16(20,21)22)25-14(24-12)10(5-6-26)8-23-25/h1-4,7-8,26H. The molecular weight excluding hydrogens is 380 g/mol. The van der Waals surface area contributed by atoms with E-state index in [1.54, 1.807) is 0 Å². The van der Waals surface area contributed by atoms with Gasteiger partial charge in [-0.05, 0) is 29.4 Å². The summed E-state index contributed by atoms with van der Waals surface area (Å²) in [6.07, 6.45) is -8.19. The summed E-state index contributed by atoms with van der Waals surface area (Å²) in [5.41, 5.74) is -2.15. The van der Waals surface area contributed by atoms with E-state index >= 15 is 0 Å². The van der Waals surface area contributed by atoms with Crippen LogP contribution in [0.5, 0.6) is 0 Å². The first kappa shape index (κ1) is 18.1. The Morgan fingerprint density at radius 3 is 2.15 bits per heavy atom. The van der Waals surface area contributed by atoms with Gasteiger partial charge in [0.2, 0.25) is 0 Å². The summed E-state index contributed by atoms with van der Waals surface area (Å²) in [5.74, 6) is 2.47. The Bertz CT molecular complexity index is 1020. The number of benzene rings is 1. The van der Waals surface area contributed by atoms with E-state index in [-0.39, 0.29) is 22.5 Å². The highest BCUT2D eigenvalue weighted by atomic mass is 32.1. The lowest BCUT2D eigenvalue weighted by Crippen LogP contribution is -2.13. The number of thiol groups is 1. The number of fused-ring (bicyclic) bond motifs is 1. The minimum absolute atomic E-state index is 0.0944. The van der Waals surface area contributed by atoms with Crippen LogP contribution in [0.15, 0.2) is 36.5 Å². The second kappa shape index (κ2) is 6.25. The van der Waals surface area contributed by atoms with Crippen LogP contribution in [0.3, 0.4) is 0 Å². The monoisotopic (exact) mass is 387 g/mol. The maximum atomic E-state index is 13.3. The second-order valence-corrected chi connectivity index (χ2v) is 5.35. The topological polar surface area (TPSA) is 30.2 Å². The lowest BCUT2D eigenvalue weighted by molar-refractivity contribution is -0.142. The molecule has 0 aliphatic rings. The van der Waals surface area contributed by atoms with Crippen LogP contribution in [0.25, 0.3) is 16.9 Å². The van der Waals surface area contributed by atoms with Gasteiger partial charge in [0.05, 0.1) is 23.0 Å². The van der Waals surface area contributed by atoms with Gasteiger partial charge in [-0.15, -0.1) is 0 Å². The van der Waals surface area contributed by atoms with Crippen LogP contribution in [0.4, 0.5) is 26.3 Å². The third-order valence-electron chi connectivity index (χ3n) is 3.46. The Kier molecular flexibility index (Phi) is 4.36. The van der Waals surface area contributed by atoms with Crippen molar-refractivity contribution in [1.82, 2.24) is 14.6 Å². The highest BCUT2D eigenvalue weighted by Crippen LogP contribution is 2.34. The molecule has 0 bridgehead atoms. The van der Waals surface area contributed by atoms with Crippen LogP contribution in [-0.4, -0.2) is 14.6 Å². The number of halogens is 6. The fourth-order valence-corrected chi connectivity index (χ4v) is 2.41. The highest BCUT2D eigenvalue weighted by Gasteiger charge is 2.35. The fraction of sp³-hybridized carbons (Fsp3) is 0.125. The van der Waals surface area contributed by atoms with Crippen molar-refractivity contribution in [3.8, 4) is 22.4 Å². The van der Waals surface area contributed by atoms with Gasteiger partial charge in [-0.1, -0.05) is 24.8 Å². The van der Waals surface area contributed by atoms with Crippen molar-refractivity contribution < 1.29 is 26.3 Å². The van der Waals surface area contributed by atoms with Crippen LogP contribution < -0.4 is 0 Å². The van der Waals surface area contributed by atoms with Crippen molar-refractivity contribution >= 4 is 18.3 Å². The van der Waals surface area contributed by atoms with E-state index in [1.165, 1.54) is 0 Å². The van der Waals surface area contributed by atoms with Gasteiger partial charge in [0.15, 0.2) is 11.3 Å². The molecule has 0 aliphatic heterocycles. The summed E-state index contributed by atoms with van der Waals surface area (Å²) in [6.45, 7) is 0. The third kappa shape index (κ3) is 3.35. The Labute approximate surface area is 148 Å². The summed E-state index contributed by atoms with van der Waals surface area (Å²) in [4.78, 5) is 4.07. The Balaban J connectivity index is 2.22. The number of hydrogen-bond donors (Lipinski definition) is 1. The number of nitrogens with zero attached hydrogens (tertiary/aromatic N) is 3. The van der Waals surface area contributed by atoms with E-state index < -0.39 is 23.6 Å². The van der Waals surface area contributed by atoms with E-state index in [4.69, 9.17) is 0 Å². The molecule has 0 aliphatic carbocycles. The minimum atomic E-state index is -4.75. The van der Waals surface area contributed by atoms with E-state index in [9.17, 15) is 26.3 Å². The van der Waals surface area contributed by atoms with Gasteiger partial charge in [-0.25, -0.2) is 9.50 Å². The van der Waals surface area contributed by atoms with Crippen LogP contribution in [-0.2, 0) is 12.4 Å². The third-order valence-corrected chi connectivity index (χ3v) is 3.57. The number of rotatable bonds is 1. The summed E-state index contributed by atoms with van der Waals surface area (Å²) in [7, 11) is 0. The van der Waals surface area contributed by atoms with Crippen molar-refractivity contribution in [3.05, 3.63) is 53.3 Å². The first-order valence-electron chi connectivity index (χ1n) is 6.90. The Morgan fingerprint density at radius 1 is 0.962 bits per heavy atom. The molecule has 0 amide bonds. The quantitative estimate of drug-likeness (QED) is 0.374. The lowest BCUT2D eigenvalue weighted by atomic mass is 10.1. The zero-order valence-corrected chi connectivity index (χ0v) is 13.4. The molecule has 134 valence electrons. The summed E-state index contributed by atoms with van der Waals surface area (Å²) < 4.78 is 78.6. The minimum Gasteiger partial charge on any atom is -0.227 e. The molecule has 0 saturated carbocycles. The van der Waals surface area contributed by atoms with E-state index in [2.05, 4.69) is 33.9 Å². The van der Waals surface area contributed by atoms with Gasteiger partial charge in [0.25, 0.3) is 0 Å². The molecule has 3 nitrogen and oxygen atoms in total. The number of aromatic nitrogens is 3. The molecule has 1 aromatic carbocycles. The summed E-state index contributed by atoms with van der Waals surface area (Å²) in [5, 5.41) is 5.88. The zero-order valence-electron chi connectivity index (χ0n) is 12.5. The van der Waals surface area contributed by atoms with Crippen LogP contribution in [0.1, 0.15) is 16.8 Å². The first-order chi connectivity index (χ1) is 12.1. The molecule has 0 saturated heterocycles. The molecule has 0 N–H and O–H groups in total. The molecular formula is C16H7F6N3S. The molecule has 0 spiro atoms. The highest BCUT2D eigenvalue weighted by molar-refractivity contribution is 7.85. The molecule has 0 radical (unpaired) electrons. The first-order valence-corrected chi connectivity index (χ1v) is 7.34. The lowest BCUT2D eigenvalue weighted by Gasteiger charge is -2.12. The van der Waals surface area contributed by atoms with Crippen LogP contribution in [0.2, 0.25) is 0 Å². The number of hydrogen-bond acceptors (Lipinski definition) is 3. The molecule has 2 aromatic heterocycles. The van der Waals surface area contributed by atoms with Crippen molar-refractivity contribution in [1.29, 1.82) is 0 Å². The maximum Gasteiger partial charge on any atom is 0.433 e. The summed E-state index contributed by atoms with van der Waals surface area (Å²) >= 11 is 3.69. The van der Waals surface area contributed by atoms with Gasteiger partial charge < -0.3 is 0 Å². The summed E-state index contributed by atoms with van der Waals surface area (Å²) in [6, 6.07) is 4.39. The average Bonchev–Trinajstić information content (AvgIpc) is 2.96. The SMILES string of the molecule is FC(F)(F)c1ccc(-c2cc(C(F)(F)F)n3ncc(C#CS)c3n2)cc1. The van der Waals surface area contributed by atoms with Crippen molar-refractivity contribution in [2.45, 2.75) is 12.4 Å². The Morgan fingerprint density at radius 2 is 1.62 bits per heavy atom. The van der Waals surface area contributed by atoms with E-state index in [1.807, 2.05) is 0 Å². The van der Waals surface area contributed by atoms with Crippen molar-refractivity contribution in [2.24, 2.45) is 0 Å². The zero-order chi connectivity index (χ0) is 19.1. The van der Waals surface area contributed by atoms with E-state index in [0.29, 0.717) is 4.52 Å². The molecule has 26 heavy (non-hydrogen) atoms. The van der Waals surface area contributed by atoms with Crippen molar-refractivity contribution in [2.75, 3.05) is 0 Å². The second-order valence-electron chi connectivity index (χ2n) is 5.13. The predicted molar refractivity (Wildman–Crippen MR) is 84.3 cm³/mol. The molecule has 2 heterocycles. The maximum absolute atomic E-state index is 13.3. The Hall–Kier alpha value is -2.67. The number of alkyl halides is 6. The van der Waals surface area contributed by atoms with E-state index in [0.717, 1.165) is 36.5 Å². The largest absolute Gasteiger partial charge is 0.433 e. The predicted octanol–water partition coefficient (Wildman–Crippen LogP) is 4.67. The molecule has 10 heteroatoms. The van der Waals surface area contributed by atoms with Gasteiger partial charge in [0.1, 0.15) is 0 Å². The van der Waals surface area contributed by atoms with Crippen LogP contribution in [0, 0.1) is 11.2 Å². The molecule has 3 rings (SSSR count). The van der Waals surface area contributed by atoms with Gasteiger partial charge >= 0.3 is 12.4 Å². The molecule has 3 aromatic rings.